The molecule has 1 amide bonds. The minimum atomic E-state index is -4.32. The summed E-state index contributed by atoms with van der Waals surface area (Å²) in [5.74, 6) is -0.0665. The van der Waals surface area contributed by atoms with Gasteiger partial charge in [0.25, 0.3) is 5.91 Å². The fourth-order valence-corrected chi connectivity index (χ4v) is 6.78. The van der Waals surface area contributed by atoms with Crippen molar-refractivity contribution in [3.8, 4) is 0 Å². The maximum Gasteiger partial charge on any atom is 0.416 e. The number of nitrogens with one attached hydrogen (secondary N) is 1. The molecule has 1 saturated heterocycles. The van der Waals surface area contributed by atoms with Crippen LogP contribution in [0.3, 0.4) is 0 Å². The van der Waals surface area contributed by atoms with E-state index in [1.165, 1.54) is 21.8 Å². The van der Waals surface area contributed by atoms with E-state index in [2.05, 4.69) is 22.3 Å². The number of piperidine rings is 1. The molecule has 196 valence electrons. The van der Waals surface area contributed by atoms with Gasteiger partial charge in [-0.2, -0.15) is 13.2 Å². The summed E-state index contributed by atoms with van der Waals surface area (Å²) in [6.07, 6.45) is 0.108. The molecule has 37 heavy (non-hydrogen) atoms. The van der Waals surface area contributed by atoms with E-state index in [1.54, 1.807) is 23.9 Å². The van der Waals surface area contributed by atoms with Crippen LogP contribution in [0.15, 0.2) is 59.5 Å². The molecule has 2 aromatic carbocycles. The summed E-state index contributed by atoms with van der Waals surface area (Å²) in [5.41, 5.74) is 2.12. The highest BCUT2D eigenvalue weighted by atomic mass is 32.2. The monoisotopic (exact) mass is 546 g/mol. The summed E-state index contributed by atoms with van der Waals surface area (Å²) < 4.78 is 44.9. The van der Waals surface area contributed by atoms with Crippen molar-refractivity contribution in [1.29, 1.82) is 0 Å². The summed E-state index contributed by atoms with van der Waals surface area (Å²) in [4.78, 5) is 18.3. The standard InChI is InChI=1S/C28H29F3N2O2S2/c1-36-23-8-4-19(5-9-23)17-32-26(34)24-16-21-10-15-35-27(25(21)37-24)11-13-33(14-12-27)18-20-2-6-22(7-3-20)28(29,30)31/h2-9,16H,10-15,17-18H2,1H3,(H,32,34). The zero-order chi connectivity index (χ0) is 26.0. The van der Waals surface area contributed by atoms with Crippen LogP contribution in [-0.2, 0) is 36.0 Å². The summed E-state index contributed by atoms with van der Waals surface area (Å²) in [6.45, 7) is 3.29. The third-order valence-corrected chi connectivity index (χ3v) is 9.26. The number of ether oxygens (including phenoxy) is 1. The molecule has 0 atom stereocenters. The van der Waals surface area contributed by atoms with Crippen molar-refractivity contribution in [3.63, 3.8) is 0 Å². The van der Waals surface area contributed by atoms with Crippen LogP contribution in [0.5, 0.6) is 0 Å². The summed E-state index contributed by atoms with van der Waals surface area (Å²) >= 11 is 3.22. The van der Waals surface area contributed by atoms with Crippen LogP contribution >= 0.6 is 23.1 Å². The lowest BCUT2D eigenvalue weighted by molar-refractivity contribution is -0.137. The van der Waals surface area contributed by atoms with E-state index >= 15 is 0 Å². The Morgan fingerprint density at radius 3 is 2.41 bits per heavy atom. The van der Waals surface area contributed by atoms with Crippen molar-refractivity contribution in [3.05, 3.63) is 86.6 Å². The van der Waals surface area contributed by atoms with Crippen LogP contribution < -0.4 is 5.32 Å². The van der Waals surface area contributed by atoms with Gasteiger partial charge in [-0.15, -0.1) is 23.1 Å². The molecule has 1 fully saturated rings. The first-order chi connectivity index (χ1) is 17.8. The van der Waals surface area contributed by atoms with Crippen molar-refractivity contribution in [1.82, 2.24) is 10.2 Å². The molecule has 0 radical (unpaired) electrons. The Morgan fingerprint density at radius 2 is 1.76 bits per heavy atom. The van der Waals surface area contributed by atoms with Crippen molar-refractivity contribution in [2.24, 2.45) is 0 Å². The van der Waals surface area contributed by atoms with E-state index in [0.717, 1.165) is 60.5 Å². The van der Waals surface area contributed by atoms with E-state index in [9.17, 15) is 18.0 Å². The zero-order valence-electron chi connectivity index (χ0n) is 20.6. The smallest absolute Gasteiger partial charge is 0.369 e. The molecule has 3 aromatic rings. The van der Waals surface area contributed by atoms with Crippen LogP contribution in [0.25, 0.3) is 0 Å². The molecule has 1 N–H and O–H groups in total. The van der Waals surface area contributed by atoms with Gasteiger partial charge in [0.05, 0.1) is 17.0 Å². The zero-order valence-corrected chi connectivity index (χ0v) is 22.2. The van der Waals surface area contributed by atoms with Gasteiger partial charge in [-0.1, -0.05) is 24.3 Å². The molecular formula is C28H29F3N2O2S2. The van der Waals surface area contributed by atoms with E-state index in [4.69, 9.17) is 4.74 Å². The number of hydrogen-bond acceptors (Lipinski definition) is 5. The highest BCUT2D eigenvalue weighted by Gasteiger charge is 2.42. The quantitative estimate of drug-likeness (QED) is 0.359. The third kappa shape index (κ3) is 5.90. The number of thioether (sulfide) groups is 1. The number of thiophene rings is 1. The number of carbonyl (C=O) groups excluding carboxylic acids is 1. The number of hydrogen-bond donors (Lipinski definition) is 1. The number of halogens is 3. The first-order valence-corrected chi connectivity index (χ1v) is 14.4. The second-order valence-corrected chi connectivity index (χ2v) is 11.5. The number of amides is 1. The number of rotatable bonds is 6. The first-order valence-electron chi connectivity index (χ1n) is 12.3. The molecule has 5 rings (SSSR count). The Morgan fingerprint density at radius 1 is 1.08 bits per heavy atom. The van der Waals surface area contributed by atoms with Gasteiger partial charge in [0.1, 0.15) is 5.60 Å². The van der Waals surface area contributed by atoms with Gasteiger partial charge in [0, 0.05) is 36.0 Å². The number of fused-ring (bicyclic) bond motifs is 2. The molecule has 4 nitrogen and oxygen atoms in total. The van der Waals surface area contributed by atoms with Gasteiger partial charge < -0.3 is 10.1 Å². The van der Waals surface area contributed by atoms with Crippen molar-refractivity contribution >= 4 is 29.0 Å². The van der Waals surface area contributed by atoms with Gasteiger partial charge in [-0.05, 0) is 72.5 Å². The molecular weight excluding hydrogens is 517 g/mol. The molecule has 0 bridgehead atoms. The average molecular weight is 547 g/mol. The van der Waals surface area contributed by atoms with Crippen LogP contribution in [0.1, 0.15) is 49.6 Å². The Kier molecular flexibility index (Phi) is 7.68. The molecule has 9 heteroatoms. The number of likely N-dealkylation sites (tertiary alicyclic amines) is 1. The molecule has 1 aromatic heterocycles. The van der Waals surface area contributed by atoms with Crippen molar-refractivity contribution in [2.75, 3.05) is 26.0 Å². The van der Waals surface area contributed by atoms with E-state index in [1.807, 2.05) is 24.5 Å². The molecule has 1 spiro atoms. The van der Waals surface area contributed by atoms with E-state index < -0.39 is 11.7 Å². The highest BCUT2D eigenvalue weighted by Crippen LogP contribution is 2.45. The second-order valence-electron chi connectivity index (χ2n) is 9.56. The van der Waals surface area contributed by atoms with Crippen LogP contribution in [0, 0.1) is 0 Å². The summed E-state index contributed by atoms with van der Waals surface area (Å²) in [6, 6.07) is 15.6. The van der Waals surface area contributed by atoms with Gasteiger partial charge in [0.2, 0.25) is 0 Å². The minimum Gasteiger partial charge on any atom is -0.369 e. The molecule has 0 aliphatic carbocycles. The minimum absolute atomic E-state index is 0.0665. The third-order valence-electron chi connectivity index (χ3n) is 7.16. The Bertz CT molecular complexity index is 1230. The van der Waals surface area contributed by atoms with Gasteiger partial charge in [-0.25, -0.2) is 0 Å². The van der Waals surface area contributed by atoms with Gasteiger partial charge in [0.15, 0.2) is 0 Å². The lowest BCUT2D eigenvalue weighted by Crippen LogP contribution is -2.45. The molecule has 2 aliphatic rings. The van der Waals surface area contributed by atoms with Crippen molar-refractivity contribution < 1.29 is 22.7 Å². The first kappa shape index (κ1) is 26.3. The summed E-state index contributed by atoms with van der Waals surface area (Å²) in [7, 11) is 0. The van der Waals surface area contributed by atoms with Crippen molar-refractivity contribution in [2.45, 2.75) is 49.0 Å². The molecule has 0 unspecified atom stereocenters. The molecule has 0 saturated carbocycles. The number of alkyl halides is 3. The summed E-state index contributed by atoms with van der Waals surface area (Å²) in [5, 5.41) is 3.05. The Labute approximate surface area is 223 Å². The lowest BCUT2D eigenvalue weighted by atomic mass is 9.85. The Hall–Kier alpha value is -2.33. The average Bonchev–Trinajstić information content (AvgIpc) is 3.35. The fraction of sp³-hybridized carbons (Fsp3) is 0.393. The van der Waals surface area contributed by atoms with E-state index in [-0.39, 0.29) is 11.5 Å². The fourth-order valence-electron chi connectivity index (χ4n) is 5.05. The number of carbonyl (C=O) groups is 1. The van der Waals surface area contributed by atoms with Crippen LogP contribution in [0.4, 0.5) is 13.2 Å². The van der Waals surface area contributed by atoms with Gasteiger partial charge in [-0.3, -0.25) is 9.69 Å². The van der Waals surface area contributed by atoms with E-state index in [0.29, 0.717) is 24.6 Å². The van der Waals surface area contributed by atoms with Crippen LogP contribution in [0.2, 0.25) is 0 Å². The number of nitrogens with zero attached hydrogens (tertiary/aromatic N) is 1. The largest absolute Gasteiger partial charge is 0.416 e. The lowest BCUT2D eigenvalue weighted by Gasteiger charge is -2.43. The Balaban J connectivity index is 1.21. The molecule has 2 aliphatic heterocycles. The second kappa shape index (κ2) is 10.8. The predicted molar refractivity (Wildman–Crippen MR) is 141 cm³/mol. The molecule has 3 heterocycles. The maximum atomic E-state index is 12.9. The highest BCUT2D eigenvalue weighted by molar-refractivity contribution is 7.98. The maximum absolute atomic E-state index is 12.9. The normalized spacial score (nSPS) is 17.5. The van der Waals surface area contributed by atoms with Crippen LogP contribution in [-0.4, -0.2) is 36.8 Å². The van der Waals surface area contributed by atoms with Gasteiger partial charge >= 0.3 is 6.18 Å². The SMILES string of the molecule is CSc1ccc(CNC(=O)c2cc3c(s2)C2(CCN(Cc4ccc(C(F)(F)F)cc4)CC2)OCC3)cc1. The number of benzene rings is 2. The predicted octanol–water partition coefficient (Wildman–Crippen LogP) is 6.48. The topological polar surface area (TPSA) is 41.6 Å².